The van der Waals surface area contributed by atoms with Crippen molar-refractivity contribution in [2.75, 3.05) is 13.2 Å². The highest BCUT2D eigenvalue weighted by Crippen LogP contribution is 2.46. The molecule has 5 unspecified atom stereocenters. The minimum atomic E-state index is -0.128. The van der Waals surface area contributed by atoms with Crippen LogP contribution in [-0.4, -0.2) is 34.6 Å². The molecule has 5 atom stereocenters. The second kappa shape index (κ2) is 4.81. The molecule has 3 N–H and O–H groups in total. The minimum Gasteiger partial charge on any atom is -0.396 e. The van der Waals surface area contributed by atoms with Gasteiger partial charge < -0.3 is 15.3 Å². The molecule has 0 heterocycles. The highest BCUT2D eigenvalue weighted by atomic mass is 16.3. The molecule has 0 bridgehead atoms. The van der Waals surface area contributed by atoms with Gasteiger partial charge in [0.25, 0.3) is 0 Å². The Bertz CT molecular complexity index is 207. The van der Waals surface area contributed by atoms with Gasteiger partial charge in [0, 0.05) is 13.2 Å². The van der Waals surface area contributed by atoms with Gasteiger partial charge in [0.1, 0.15) is 0 Å². The molecule has 2 saturated carbocycles. The summed E-state index contributed by atoms with van der Waals surface area (Å²) in [7, 11) is 0. The van der Waals surface area contributed by atoms with Crippen LogP contribution in [0.15, 0.2) is 0 Å². The van der Waals surface area contributed by atoms with Gasteiger partial charge in [-0.2, -0.15) is 0 Å². The van der Waals surface area contributed by atoms with Crippen LogP contribution in [-0.2, 0) is 0 Å². The van der Waals surface area contributed by atoms with Crippen molar-refractivity contribution in [3.05, 3.63) is 0 Å². The summed E-state index contributed by atoms with van der Waals surface area (Å²) in [6, 6.07) is 0. The summed E-state index contributed by atoms with van der Waals surface area (Å²) in [5, 5.41) is 28.3. The van der Waals surface area contributed by atoms with Crippen LogP contribution in [0, 0.1) is 23.7 Å². The summed E-state index contributed by atoms with van der Waals surface area (Å²) in [6.07, 6.45) is 4.79. The van der Waals surface area contributed by atoms with Crippen molar-refractivity contribution in [2.45, 2.75) is 38.2 Å². The Balaban J connectivity index is 2.04. The van der Waals surface area contributed by atoms with Gasteiger partial charge in [-0.3, -0.25) is 0 Å². The smallest absolute Gasteiger partial charge is 0.0543 e. The lowest BCUT2D eigenvalue weighted by molar-refractivity contribution is -0.0357. The first kappa shape index (κ1) is 11.4. The van der Waals surface area contributed by atoms with Crippen LogP contribution in [0.4, 0.5) is 0 Å². The molecule has 3 nitrogen and oxygen atoms in total. The van der Waals surface area contributed by atoms with Crippen LogP contribution < -0.4 is 0 Å². The standard InChI is InChI=1S/C12H22O3/c13-6-9-2-1-8-5-10(15)3-4-11(8)12(9)7-14/h8-15H,1-7H2. The number of hydrogen-bond acceptors (Lipinski definition) is 3. The first-order chi connectivity index (χ1) is 7.26. The van der Waals surface area contributed by atoms with E-state index in [1.165, 1.54) is 0 Å². The lowest BCUT2D eigenvalue weighted by atomic mass is 9.61. The van der Waals surface area contributed by atoms with Crippen molar-refractivity contribution in [1.82, 2.24) is 0 Å². The van der Waals surface area contributed by atoms with Gasteiger partial charge in [-0.25, -0.2) is 0 Å². The first-order valence-electron chi connectivity index (χ1n) is 6.16. The van der Waals surface area contributed by atoms with Crippen LogP contribution in [0.1, 0.15) is 32.1 Å². The molecule has 0 aromatic carbocycles. The second-order valence-electron chi connectivity index (χ2n) is 5.26. The van der Waals surface area contributed by atoms with E-state index in [1.54, 1.807) is 0 Å². The van der Waals surface area contributed by atoms with Crippen LogP contribution in [0.25, 0.3) is 0 Å². The molecule has 0 aliphatic heterocycles. The largest absolute Gasteiger partial charge is 0.396 e. The van der Waals surface area contributed by atoms with E-state index in [4.69, 9.17) is 0 Å². The highest BCUT2D eigenvalue weighted by Gasteiger charge is 2.41. The molecular formula is C12H22O3. The van der Waals surface area contributed by atoms with E-state index in [-0.39, 0.29) is 31.2 Å². The van der Waals surface area contributed by atoms with E-state index >= 15 is 0 Å². The summed E-state index contributed by atoms with van der Waals surface area (Å²) >= 11 is 0. The van der Waals surface area contributed by atoms with E-state index in [2.05, 4.69) is 0 Å². The third kappa shape index (κ3) is 2.19. The lowest BCUT2D eigenvalue weighted by Crippen LogP contribution is -2.42. The molecular weight excluding hydrogens is 192 g/mol. The molecule has 2 aliphatic carbocycles. The van der Waals surface area contributed by atoms with Crippen LogP contribution in [0.5, 0.6) is 0 Å². The van der Waals surface area contributed by atoms with Gasteiger partial charge in [-0.1, -0.05) is 0 Å². The fourth-order valence-electron chi connectivity index (χ4n) is 3.66. The Hall–Kier alpha value is -0.120. The number of aliphatic hydroxyl groups excluding tert-OH is 3. The van der Waals surface area contributed by atoms with Gasteiger partial charge in [-0.15, -0.1) is 0 Å². The van der Waals surface area contributed by atoms with Crippen molar-refractivity contribution in [3.8, 4) is 0 Å². The molecule has 0 saturated heterocycles. The first-order valence-corrected chi connectivity index (χ1v) is 6.16. The van der Waals surface area contributed by atoms with Gasteiger partial charge in [0.2, 0.25) is 0 Å². The van der Waals surface area contributed by atoms with Crippen molar-refractivity contribution < 1.29 is 15.3 Å². The molecule has 0 amide bonds. The van der Waals surface area contributed by atoms with Crippen molar-refractivity contribution >= 4 is 0 Å². The fourth-order valence-corrected chi connectivity index (χ4v) is 3.66. The zero-order valence-electron chi connectivity index (χ0n) is 9.18. The Morgan fingerprint density at radius 2 is 1.73 bits per heavy atom. The normalized spacial score (nSPS) is 46.2. The summed E-state index contributed by atoms with van der Waals surface area (Å²) < 4.78 is 0. The van der Waals surface area contributed by atoms with Crippen molar-refractivity contribution in [3.63, 3.8) is 0 Å². The molecule has 88 valence electrons. The van der Waals surface area contributed by atoms with Gasteiger partial charge in [-0.05, 0) is 55.8 Å². The third-order valence-corrected chi connectivity index (χ3v) is 4.52. The molecule has 3 heteroatoms. The van der Waals surface area contributed by atoms with Crippen LogP contribution in [0.2, 0.25) is 0 Å². The zero-order valence-corrected chi connectivity index (χ0v) is 9.18. The fraction of sp³-hybridized carbons (Fsp3) is 1.00. The maximum Gasteiger partial charge on any atom is 0.0543 e. The quantitative estimate of drug-likeness (QED) is 0.636. The van der Waals surface area contributed by atoms with E-state index < -0.39 is 0 Å². The molecule has 0 radical (unpaired) electrons. The molecule has 0 aromatic heterocycles. The van der Waals surface area contributed by atoms with Crippen molar-refractivity contribution in [2.24, 2.45) is 23.7 Å². The molecule has 15 heavy (non-hydrogen) atoms. The average Bonchev–Trinajstić information content (AvgIpc) is 2.27. The maximum atomic E-state index is 9.62. The molecule has 2 aliphatic rings. The second-order valence-corrected chi connectivity index (χ2v) is 5.26. The minimum absolute atomic E-state index is 0.128. The Kier molecular flexibility index (Phi) is 3.65. The van der Waals surface area contributed by atoms with E-state index in [9.17, 15) is 15.3 Å². The van der Waals surface area contributed by atoms with Crippen LogP contribution >= 0.6 is 0 Å². The SMILES string of the molecule is OCC1CCC2CC(O)CCC2C1CO. The van der Waals surface area contributed by atoms with Crippen LogP contribution in [0.3, 0.4) is 0 Å². The van der Waals surface area contributed by atoms with Crippen molar-refractivity contribution in [1.29, 1.82) is 0 Å². The monoisotopic (exact) mass is 214 g/mol. The topological polar surface area (TPSA) is 60.7 Å². The van der Waals surface area contributed by atoms with Gasteiger partial charge >= 0.3 is 0 Å². The van der Waals surface area contributed by atoms with Gasteiger partial charge in [0.05, 0.1) is 6.10 Å². The number of aliphatic hydroxyl groups is 3. The number of hydrogen-bond donors (Lipinski definition) is 3. The molecule has 2 rings (SSSR count). The summed E-state index contributed by atoms with van der Waals surface area (Å²) in [4.78, 5) is 0. The summed E-state index contributed by atoms with van der Waals surface area (Å²) in [5.74, 6) is 1.66. The predicted molar refractivity (Wildman–Crippen MR) is 57.2 cm³/mol. The maximum absolute atomic E-state index is 9.62. The van der Waals surface area contributed by atoms with Gasteiger partial charge in [0.15, 0.2) is 0 Å². The highest BCUT2D eigenvalue weighted by molar-refractivity contribution is 4.91. The molecule has 2 fully saturated rings. The Labute approximate surface area is 91.1 Å². The van der Waals surface area contributed by atoms with E-state index in [0.29, 0.717) is 11.8 Å². The van der Waals surface area contributed by atoms with E-state index in [0.717, 1.165) is 32.1 Å². The average molecular weight is 214 g/mol. The Morgan fingerprint density at radius 3 is 2.40 bits per heavy atom. The predicted octanol–water partition coefficient (Wildman–Crippen LogP) is 0.774. The lowest BCUT2D eigenvalue weighted by Gasteiger charge is -2.45. The number of rotatable bonds is 2. The summed E-state index contributed by atoms with van der Waals surface area (Å²) in [6.45, 7) is 0.402. The Morgan fingerprint density at radius 1 is 0.933 bits per heavy atom. The number of fused-ring (bicyclic) bond motifs is 1. The summed E-state index contributed by atoms with van der Waals surface area (Å²) in [5.41, 5.74) is 0. The molecule has 0 spiro atoms. The zero-order chi connectivity index (χ0) is 10.8. The third-order valence-electron chi connectivity index (χ3n) is 4.52. The molecule has 0 aromatic rings. The van der Waals surface area contributed by atoms with E-state index in [1.807, 2.05) is 0 Å².